The number of ether oxygens (including phenoxy) is 3. The number of esters is 1. The van der Waals surface area contributed by atoms with Gasteiger partial charge in [0.15, 0.2) is 0 Å². The summed E-state index contributed by atoms with van der Waals surface area (Å²) in [6.45, 7) is -2.05. The number of carbonyl (C=O) groups is 2. The van der Waals surface area contributed by atoms with Crippen molar-refractivity contribution < 1.29 is 50.9 Å². The molecule has 1 rings (SSSR count). The van der Waals surface area contributed by atoms with Gasteiger partial charge in [-0.2, -0.15) is 22.0 Å². The highest BCUT2D eigenvalue weighted by Crippen LogP contribution is 2.45. The van der Waals surface area contributed by atoms with Crippen LogP contribution in [0, 0.1) is 5.41 Å². The third-order valence-corrected chi connectivity index (χ3v) is 4.48. The van der Waals surface area contributed by atoms with Gasteiger partial charge in [-0.25, -0.2) is 0 Å². The first kappa shape index (κ1) is 23.3. The van der Waals surface area contributed by atoms with E-state index in [0.717, 1.165) is 0 Å². The first-order chi connectivity index (χ1) is 12.4. The Labute approximate surface area is 152 Å². The first-order valence-electron chi connectivity index (χ1n) is 8.01. The van der Waals surface area contributed by atoms with Gasteiger partial charge in [-0.1, -0.05) is 19.1 Å². The van der Waals surface area contributed by atoms with Crippen LogP contribution in [0.15, 0.2) is 12.2 Å². The molecule has 3 unspecified atom stereocenters. The molecule has 0 spiro atoms. The lowest BCUT2D eigenvalue weighted by Gasteiger charge is -2.41. The zero-order valence-corrected chi connectivity index (χ0v) is 14.6. The summed E-state index contributed by atoms with van der Waals surface area (Å²) in [5, 5.41) is 9.89. The predicted octanol–water partition coefficient (Wildman–Crippen LogP) is 2.74. The van der Waals surface area contributed by atoms with E-state index in [9.17, 15) is 36.6 Å². The molecule has 0 aromatic carbocycles. The maximum Gasteiger partial charge on any atom is 0.434 e. The minimum absolute atomic E-state index is 0.0140. The van der Waals surface area contributed by atoms with Crippen molar-refractivity contribution in [2.75, 3.05) is 13.2 Å². The maximum atomic E-state index is 13.6. The molecule has 1 saturated carbocycles. The molecule has 1 aliphatic carbocycles. The van der Waals surface area contributed by atoms with Crippen molar-refractivity contribution in [1.29, 1.82) is 0 Å². The zero-order valence-electron chi connectivity index (χ0n) is 14.6. The van der Waals surface area contributed by atoms with Gasteiger partial charge in [0.25, 0.3) is 12.1 Å². The second-order valence-electron chi connectivity index (χ2n) is 6.48. The van der Waals surface area contributed by atoms with Gasteiger partial charge in [0.1, 0.15) is 13.2 Å². The van der Waals surface area contributed by atoms with E-state index < -0.39 is 49.1 Å². The second-order valence-corrected chi connectivity index (χ2v) is 6.48. The third kappa shape index (κ3) is 5.61. The molecule has 0 radical (unpaired) electrons. The molecule has 1 N–H and O–H groups in total. The maximum absolute atomic E-state index is 13.6. The fourth-order valence-corrected chi connectivity index (χ4v) is 3.02. The van der Waals surface area contributed by atoms with E-state index in [-0.39, 0.29) is 32.2 Å². The highest BCUT2D eigenvalue weighted by Gasteiger charge is 2.61. The average molecular weight is 404 g/mol. The number of carbonyl (C=O) groups excluding carboxylic acids is 2. The van der Waals surface area contributed by atoms with Gasteiger partial charge in [-0.3, -0.25) is 9.59 Å². The van der Waals surface area contributed by atoms with E-state index >= 15 is 0 Å². The minimum Gasteiger partial charge on any atom is -0.463 e. The molecule has 3 atom stereocenters. The Morgan fingerprint density at radius 3 is 2.48 bits per heavy atom. The molecule has 6 nitrogen and oxygen atoms in total. The summed E-state index contributed by atoms with van der Waals surface area (Å²) in [6.07, 6.45) is -6.40. The standard InChI is InChI=1S/C16H21F5O6/c1-3-14(5-10(2)4-11(23)6-14)12(24)27-15(7-25-9-22,16(19,20)21)8-26-13(17)18/h9,11,13,23H,2-8H2,1H3. The van der Waals surface area contributed by atoms with Crippen molar-refractivity contribution in [1.82, 2.24) is 0 Å². The van der Waals surface area contributed by atoms with Gasteiger partial charge in [0.05, 0.1) is 11.5 Å². The molecular weight excluding hydrogens is 383 g/mol. The molecule has 1 fully saturated rings. The van der Waals surface area contributed by atoms with Crippen molar-refractivity contribution in [3.63, 3.8) is 0 Å². The molecular formula is C16H21F5O6. The van der Waals surface area contributed by atoms with E-state index in [2.05, 4.69) is 20.8 Å². The Bertz CT molecular complexity index is 552. The van der Waals surface area contributed by atoms with Crippen LogP contribution in [0.2, 0.25) is 0 Å². The van der Waals surface area contributed by atoms with Crippen molar-refractivity contribution in [2.24, 2.45) is 5.41 Å². The van der Waals surface area contributed by atoms with Crippen molar-refractivity contribution in [2.45, 2.75) is 57.1 Å². The van der Waals surface area contributed by atoms with E-state index in [4.69, 9.17) is 0 Å². The van der Waals surface area contributed by atoms with Crippen LogP contribution in [-0.2, 0) is 23.8 Å². The predicted molar refractivity (Wildman–Crippen MR) is 80.6 cm³/mol. The van der Waals surface area contributed by atoms with Crippen LogP contribution >= 0.6 is 0 Å². The van der Waals surface area contributed by atoms with E-state index in [1.165, 1.54) is 6.92 Å². The SMILES string of the molecule is C=C1CC(O)CC(CC)(C(=O)OC(COC=O)(COC(F)F)C(F)(F)F)C1. The van der Waals surface area contributed by atoms with Crippen LogP contribution in [0.25, 0.3) is 0 Å². The van der Waals surface area contributed by atoms with Crippen LogP contribution in [-0.4, -0.2) is 55.3 Å². The largest absolute Gasteiger partial charge is 0.463 e. The fraction of sp³-hybridized carbons (Fsp3) is 0.750. The number of aliphatic hydroxyl groups is 1. The monoisotopic (exact) mass is 404 g/mol. The first-order valence-corrected chi connectivity index (χ1v) is 8.01. The van der Waals surface area contributed by atoms with Gasteiger partial charge >= 0.3 is 18.8 Å². The summed E-state index contributed by atoms with van der Waals surface area (Å²) in [5.41, 5.74) is -4.69. The molecule has 0 aliphatic heterocycles. The molecule has 11 heteroatoms. The third-order valence-electron chi connectivity index (χ3n) is 4.48. The van der Waals surface area contributed by atoms with Crippen molar-refractivity contribution in [3.05, 3.63) is 12.2 Å². The number of halogens is 5. The highest BCUT2D eigenvalue weighted by atomic mass is 19.4. The molecule has 0 saturated heterocycles. The molecule has 0 heterocycles. The van der Waals surface area contributed by atoms with Gasteiger partial charge in [0.2, 0.25) is 0 Å². The molecule has 0 aromatic heterocycles. The van der Waals surface area contributed by atoms with Gasteiger partial charge in [-0.05, 0) is 25.7 Å². The van der Waals surface area contributed by atoms with Gasteiger partial charge in [-0.15, -0.1) is 0 Å². The van der Waals surface area contributed by atoms with Crippen LogP contribution in [0.5, 0.6) is 0 Å². The van der Waals surface area contributed by atoms with Gasteiger partial charge in [0, 0.05) is 0 Å². The van der Waals surface area contributed by atoms with Crippen LogP contribution < -0.4 is 0 Å². The molecule has 0 bridgehead atoms. The van der Waals surface area contributed by atoms with E-state index in [0.29, 0.717) is 5.57 Å². The lowest BCUT2D eigenvalue weighted by molar-refractivity contribution is -0.309. The summed E-state index contributed by atoms with van der Waals surface area (Å²) in [5.74, 6) is -1.37. The average Bonchev–Trinajstić information content (AvgIpc) is 2.54. The summed E-state index contributed by atoms with van der Waals surface area (Å²) in [6, 6.07) is 0. The highest BCUT2D eigenvalue weighted by molar-refractivity contribution is 5.78. The Hall–Kier alpha value is -1.75. The second kappa shape index (κ2) is 8.96. The number of alkyl halides is 5. The van der Waals surface area contributed by atoms with Crippen molar-refractivity contribution >= 4 is 12.4 Å². The fourth-order valence-electron chi connectivity index (χ4n) is 3.02. The van der Waals surface area contributed by atoms with Gasteiger partial charge < -0.3 is 19.3 Å². The smallest absolute Gasteiger partial charge is 0.434 e. The zero-order chi connectivity index (χ0) is 20.9. The lowest BCUT2D eigenvalue weighted by atomic mass is 9.69. The van der Waals surface area contributed by atoms with E-state index in [1.54, 1.807) is 0 Å². The Balaban J connectivity index is 3.22. The topological polar surface area (TPSA) is 82.1 Å². The van der Waals surface area contributed by atoms with Crippen molar-refractivity contribution in [3.8, 4) is 0 Å². The summed E-state index contributed by atoms with van der Waals surface area (Å²) >= 11 is 0. The Kier molecular flexibility index (Phi) is 7.73. The minimum atomic E-state index is -5.38. The molecule has 156 valence electrons. The number of aliphatic hydroxyl groups excluding tert-OH is 1. The molecule has 0 aromatic rings. The molecule has 27 heavy (non-hydrogen) atoms. The van der Waals surface area contributed by atoms with E-state index in [1.807, 2.05) is 0 Å². The summed E-state index contributed by atoms with van der Waals surface area (Å²) < 4.78 is 77.9. The summed E-state index contributed by atoms with van der Waals surface area (Å²) in [7, 11) is 0. The molecule has 1 aliphatic rings. The number of hydrogen-bond donors (Lipinski definition) is 1. The quantitative estimate of drug-likeness (QED) is 0.275. The number of rotatable bonds is 9. The Morgan fingerprint density at radius 2 is 2.04 bits per heavy atom. The lowest BCUT2D eigenvalue weighted by Crippen LogP contribution is -2.58. The van der Waals surface area contributed by atoms with Crippen LogP contribution in [0.3, 0.4) is 0 Å². The normalized spacial score (nSPS) is 25.8. The Morgan fingerprint density at radius 1 is 1.41 bits per heavy atom. The van der Waals surface area contributed by atoms with Crippen LogP contribution in [0.4, 0.5) is 22.0 Å². The summed E-state index contributed by atoms with van der Waals surface area (Å²) in [4.78, 5) is 23.0. The molecule has 0 amide bonds. The number of hydrogen-bond acceptors (Lipinski definition) is 6. The van der Waals surface area contributed by atoms with Crippen LogP contribution in [0.1, 0.15) is 32.6 Å².